The number of carbonyl (C=O) groups is 2. The minimum absolute atomic E-state index is 0.0371. The SMILES string of the molecule is Cc1cccc([C@H](C)NC(=O)c2cn(C(C)C)c3ccc(-c4ccc5c(NC(=O)C6CC6)n[nH]c5c4)cc23)c1. The second kappa shape index (κ2) is 9.73. The van der Waals surface area contributed by atoms with Crippen molar-refractivity contribution >= 4 is 39.4 Å². The first-order valence-electron chi connectivity index (χ1n) is 13.6. The molecule has 0 unspecified atom stereocenters. The standard InChI is InChI=1S/C32H33N5O2/c1-18(2)37-17-27(32(39)33-20(4)22-7-5-6-19(3)14-22)26-15-23(11-13-29(26)37)24-10-12-25-28(16-24)35-36-30(25)34-31(38)21-8-9-21/h5-7,10-18,20-21H,8-9H2,1-4H3,(H,33,39)(H2,34,35,36,38)/t20-/m0/s1. The van der Waals surface area contributed by atoms with Gasteiger partial charge in [-0.15, -0.1) is 0 Å². The van der Waals surface area contributed by atoms with E-state index in [0.717, 1.165) is 51.3 Å². The Labute approximate surface area is 227 Å². The van der Waals surface area contributed by atoms with Crippen molar-refractivity contribution in [1.29, 1.82) is 0 Å². The summed E-state index contributed by atoms with van der Waals surface area (Å²) >= 11 is 0. The number of fused-ring (bicyclic) bond motifs is 2. The summed E-state index contributed by atoms with van der Waals surface area (Å²) < 4.78 is 2.15. The average molecular weight is 520 g/mol. The Kier molecular flexibility index (Phi) is 6.22. The molecular weight excluding hydrogens is 486 g/mol. The number of benzene rings is 3. The largest absolute Gasteiger partial charge is 0.345 e. The van der Waals surface area contributed by atoms with Crippen LogP contribution in [0, 0.1) is 12.8 Å². The highest BCUT2D eigenvalue weighted by molar-refractivity contribution is 6.08. The fourth-order valence-electron chi connectivity index (χ4n) is 5.20. The Morgan fingerprint density at radius 2 is 1.74 bits per heavy atom. The van der Waals surface area contributed by atoms with Crippen LogP contribution < -0.4 is 10.6 Å². The van der Waals surface area contributed by atoms with Crippen LogP contribution in [0.1, 0.15) is 67.2 Å². The molecule has 3 aromatic carbocycles. The molecule has 7 nitrogen and oxygen atoms in total. The van der Waals surface area contributed by atoms with Crippen LogP contribution >= 0.6 is 0 Å². The zero-order valence-corrected chi connectivity index (χ0v) is 22.7. The molecule has 3 N–H and O–H groups in total. The van der Waals surface area contributed by atoms with Crippen LogP contribution in [0.2, 0.25) is 0 Å². The summed E-state index contributed by atoms with van der Waals surface area (Å²) in [5, 5.41) is 15.3. The Balaban J connectivity index is 1.33. The lowest BCUT2D eigenvalue weighted by Crippen LogP contribution is -2.26. The van der Waals surface area contributed by atoms with E-state index in [2.05, 4.69) is 76.5 Å². The molecular formula is C32H33N5O2. The maximum atomic E-state index is 13.6. The Morgan fingerprint density at radius 3 is 2.49 bits per heavy atom. The molecule has 6 rings (SSSR count). The molecule has 1 saturated carbocycles. The van der Waals surface area contributed by atoms with Gasteiger partial charge in [0.25, 0.3) is 5.91 Å². The zero-order valence-electron chi connectivity index (χ0n) is 22.7. The predicted molar refractivity (Wildman–Crippen MR) is 156 cm³/mol. The number of hydrogen-bond donors (Lipinski definition) is 3. The van der Waals surface area contributed by atoms with Gasteiger partial charge >= 0.3 is 0 Å². The number of nitrogens with zero attached hydrogens (tertiary/aromatic N) is 2. The van der Waals surface area contributed by atoms with Gasteiger partial charge in [0.15, 0.2) is 5.82 Å². The maximum absolute atomic E-state index is 13.6. The topological polar surface area (TPSA) is 91.8 Å². The molecule has 198 valence electrons. The van der Waals surface area contributed by atoms with Gasteiger partial charge in [-0.2, -0.15) is 5.10 Å². The molecule has 0 spiro atoms. The van der Waals surface area contributed by atoms with Gasteiger partial charge in [0.2, 0.25) is 5.91 Å². The third-order valence-electron chi connectivity index (χ3n) is 7.61. The lowest BCUT2D eigenvalue weighted by atomic mass is 10.0. The predicted octanol–water partition coefficient (Wildman–Crippen LogP) is 6.91. The number of carbonyl (C=O) groups excluding carboxylic acids is 2. The van der Waals surface area contributed by atoms with Crippen LogP contribution in [0.3, 0.4) is 0 Å². The second-order valence-electron chi connectivity index (χ2n) is 11.0. The minimum Gasteiger partial charge on any atom is -0.345 e. The van der Waals surface area contributed by atoms with Crippen LogP contribution in [0.4, 0.5) is 5.82 Å². The van der Waals surface area contributed by atoms with E-state index in [1.54, 1.807) is 0 Å². The molecule has 2 amide bonds. The van der Waals surface area contributed by atoms with E-state index >= 15 is 0 Å². The number of rotatable bonds is 7. The van der Waals surface area contributed by atoms with E-state index in [0.29, 0.717) is 11.4 Å². The first kappa shape index (κ1) is 24.9. The summed E-state index contributed by atoms with van der Waals surface area (Å²) in [4.78, 5) is 25.8. The van der Waals surface area contributed by atoms with Crippen LogP contribution in [-0.2, 0) is 4.79 Å². The van der Waals surface area contributed by atoms with Crippen molar-refractivity contribution in [3.8, 4) is 11.1 Å². The first-order valence-corrected chi connectivity index (χ1v) is 13.6. The number of aromatic nitrogens is 3. The van der Waals surface area contributed by atoms with Crippen molar-refractivity contribution in [2.45, 2.75) is 52.6 Å². The Hall–Kier alpha value is -4.39. The average Bonchev–Trinajstić information content (AvgIpc) is 3.60. The summed E-state index contributed by atoms with van der Waals surface area (Å²) in [6.07, 6.45) is 3.86. The molecule has 0 bridgehead atoms. The van der Waals surface area contributed by atoms with E-state index in [-0.39, 0.29) is 29.8 Å². The van der Waals surface area contributed by atoms with Crippen LogP contribution in [0.5, 0.6) is 0 Å². The van der Waals surface area contributed by atoms with Crippen LogP contribution in [0.15, 0.2) is 66.9 Å². The number of hydrogen-bond acceptors (Lipinski definition) is 3. The van der Waals surface area contributed by atoms with E-state index in [9.17, 15) is 9.59 Å². The summed E-state index contributed by atoms with van der Waals surface area (Å²) in [5.74, 6) is 0.632. The zero-order chi connectivity index (χ0) is 27.3. The molecule has 2 aromatic heterocycles. The summed E-state index contributed by atoms with van der Waals surface area (Å²) in [6.45, 7) is 8.31. The van der Waals surface area contributed by atoms with Gasteiger partial charge in [-0.25, -0.2) is 0 Å². The molecule has 1 atom stereocenters. The first-order chi connectivity index (χ1) is 18.8. The van der Waals surface area contributed by atoms with Gasteiger partial charge in [-0.1, -0.05) is 42.0 Å². The van der Waals surface area contributed by atoms with E-state index in [1.807, 2.05) is 43.5 Å². The quantitative estimate of drug-likeness (QED) is 0.218. The summed E-state index contributed by atoms with van der Waals surface area (Å²) in [5.41, 5.74) is 6.79. The van der Waals surface area contributed by atoms with Crippen molar-refractivity contribution in [2.75, 3.05) is 5.32 Å². The van der Waals surface area contributed by atoms with Crippen LogP contribution in [-0.4, -0.2) is 26.6 Å². The maximum Gasteiger partial charge on any atom is 0.253 e. The van der Waals surface area contributed by atoms with E-state index in [4.69, 9.17) is 0 Å². The Morgan fingerprint density at radius 1 is 0.974 bits per heavy atom. The molecule has 0 saturated heterocycles. The van der Waals surface area contributed by atoms with Gasteiger partial charge in [0.05, 0.1) is 17.1 Å². The fraction of sp³-hybridized carbons (Fsp3) is 0.281. The third kappa shape index (κ3) is 4.80. The lowest BCUT2D eigenvalue weighted by molar-refractivity contribution is -0.117. The lowest BCUT2D eigenvalue weighted by Gasteiger charge is -2.15. The Bertz CT molecular complexity index is 1720. The van der Waals surface area contributed by atoms with E-state index in [1.165, 1.54) is 5.56 Å². The molecule has 1 aliphatic rings. The van der Waals surface area contributed by atoms with Gasteiger partial charge < -0.3 is 15.2 Å². The summed E-state index contributed by atoms with van der Waals surface area (Å²) in [6, 6.07) is 20.6. The number of anilines is 1. The second-order valence-corrected chi connectivity index (χ2v) is 11.0. The fourth-order valence-corrected chi connectivity index (χ4v) is 5.20. The molecule has 7 heteroatoms. The highest BCUT2D eigenvalue weighted by Gasteiger charge is 2.30. The molecule has 2 heterocycles. The number of aryl methyl sites for hydroxylation is 1. The normalized spacial score (nSPS) is 14.2. The monoisotopic (exact) mass is 519 g/mol. The minimum atomic E-state index is -0.115. The highest BCUT2D eigenvalue weighted by Crippen LogP contribution is 2.34. The molecule has 1 aliphatic carbocycles. The molecule has 39 heavy (non-hydrogen) atoms. The van der Waals surface area contributed by atoms with E-state index < -0.39 is 0 Å². The van der Waals surface area contributed by atoms with Gasteiger partial charge in [-0.05, 0) is 81.5 Å². The van der Waals surface area contributed by atoms with Gasteiger partial charge in [0.1, 0.15) is 0 Å². The van der Waals surface area contributed by atoms with Crippen molar-refractivity contribution in [2.24, 2.45) is 5.92 Å². The number of amides is 2. The number of aromatic amines is 1. The third-order valence-corrected chi connectivity index (χ3v) is 7.61. The number of H-pyrrole nitrogens is 1. The number of nitrogens with one attached hydrogen (secondary N) is 3. The van der Waals surface area contributed by atoms with Crippen molar-refractivity contribution < 1.29 is 9.59 Å². The van der Waals surface area contributed by atoms with Crippen molar-refractivity contribution in [3.05, 3.63) is 83.6 Å². The van der Waals surface area contributed by atoms with Gasteiger partial charge in [0, 0.05) is 34.4 Å². The summed E-state index contributed by atoms with van der Waals surface area (Å²) in [7, 11) is 0. The smallest absolute Gasteiger partial charge is 0.253 e. The molecule has 0 radical (unpaired) electrons. The van der Waals surface area contributed by atoms with Crippen LogP contribution in [0.25, 0.3) is 32.9 Å². The molecule has 5 aromatic rings. The molecule has 1 fully saturated rings. The van der Waals surface area contributed by atoms with Gasteiger partial charge in [-0.3, -0.25) is 14.7 Å². The molecule has 0 aliphatic heterocycles. The van der Waals surface area contributed by atoms with Crippen molar-refractivity contribution in [1.82, 2.24) is 20.1 Å². The van der Waals surface area contributed by atoms with Crippen molar-refractivity contribution in [3.63, 3.8) is 0 Å². The highest BCUT2D eigenvalue weighted by atomic mass is 16.2.